The molecule has 0 bridgehead atoms. The number of amides is 1. The SMILES string of the molecule is COc1ccccc1-c1nn(-c2ccccc2)cc1C(=O)Nc1cccc(-c2nnnn2C)c1. The number of rotatable bonds is 6. The Morgan fingerprint density at radius 2 is 1.76 bits per heavy atom. The fraction of sp³-hybridized carbons (Fsp3) is 0.0800. The van der Waals surface area contributed by atoms with Gasteiger partial charge in [0.25, 0.3) is 5.91 Å². The molecule has 3 aromatic carbocycles. The number of tetrazole rings is 1. The van der Waals surface area contributed by atoms with Crippen LogP contribution in [0.5, 0.6) is 5.75 Å². The zero-order chi connectivity index (χ0) is 23.5. The molecule has 0 spiro atoms. The molecule has 9 heteroatoms. The standard InChI is InChI=1S/C25H21N7O2/c1-31-24(27-29-30-31)17-9-8-10-18(15-17)26-25(33)21-16-32(19-11-4-3-5-12-19)28-23(21)20-13-6-7-14-22(20)34-2/h3-16H,1-2H3,(H,26,33). The quantitative estimate of drug-likeness (QED) is 0.419. The zero-order valence-electron chi connectivity index (χ0n) is 18.6. The summed E-state index contributed by atoms with van der Waals surface area (Å²) >= 11 is 0. The van der Waals surface area contributed by atoms with E-state index in [9.17, 15) is 4.79 Å². The number of nitrogens with one attached hydrogen (secondary N) is 1. The monoisotopic (exact) mass is 451 g/mol. The number of carbonyl (C=O) groups excluding carboxylic acids is 1. The predicted molar refractivity (Wildman–Crippen MR) is 128 cm³/mol. The van der Waals surface area contributed by atoms with Gasteiger partial charge in [0.1, 0.15) is 11.4 Å². The second-order valence-electron chi connectivity index (χ2n) is 7.53. The Morgan fingerprint density at radius 3 is 2.53 bits per heavy atom. The van der Waals surface area contributed by atoms with Gasteiger partial charge >= 0.3 is 0 Å². The van der Waals surface area contributed by atoms with Crippen LogP contribution in [0, 0.1) is 0 Å². The van der Waals surface area contributed by atoms with Crippen LogP contribution in [0.1, 0.15) is 10.4 Å². The lowest BCUT2D eigenvalue weighted by Crippen LogP contribution is -2.12. The average molecular weight is 451 g/mol. The molecule has 0 unspecified atom stereocenters. The summed E-state index contributed by atoms with van der Waals surface area (Å²) in [5, 5.41) is 19.3. The van der Waals surface area contributed by atoms with Crippen molar-refractivity contribution in [3.05, 3.63) is 90.6 Å². The minimum Gasteiger partial charge on any atom is -0.496 e. The first-order chi connectivity index (χ1) is 16.6. The van der Waals surface area contributed by atoms with Crippen LogP contribution in [0.2, 0.25) is 0 Å². The Balaban J connectivity index is 1.54. The number of para-hydroxylation sites is 2. The minimum atomic E-state index is -0.295. The molecule has 168 valence electrons. The predicted octanol–water partition coefficient (Wildman–Crippen LogP) is 3.99. The van der Waals surface area contributed by atoms with Gasteiger partial charge in [0.05, 0.1) is 18.4 Å². The number of hydrogen-bond donors (Lipinski definition) is 1. The number of methoxy groups -OCH3 is 1. The summed E-state index contributed by atoms with van der Waals surface area (Å²) in [5.74, 6) is 0.936. The van der Waals surface area contributed by atoms with Crippen LogP contribution in [-0.4, -0.2) is 43.0 Å². The normalized spacial score (nSPS) is 10.8. The van der Waals surface area contributed by atoms with Gasteiger partial charge < -0.3 is 10.1 Å². The van der Waals surface area contributed by atoms with E-state index in [1.807, 2.05) is 78.9 Å². The highest BCUT2D eigenvalue weighted by atomic mass is 16.5. The van der Waals surface area contributed by atoms with Crippen molar-refractivity contribution in [2.24, 2.45) is 7.05 Å². The number of nitrogens with zero attached hydrogens (tertiary/aromatic N) is 6. The number of carbonyl (C=O) groups is 1. The first kappa shape index (κ1) is 21.1. The Kier molecular flexibility index (Phi) is 5.57. The molecule has 0 fully saturated rings. The van der Waals surface area contributed by atoms with E-state index in [4.69, 9.17) is 9.84 Å². The second-order valence-corrected chi connectivity index (χ2v) is 7.53. The number of hydrogen-bond acceptors (Lipinski definition) is 6. The van der Waals surface area contributed by atoms with E-state index in [2.05, 4.69) is 20.8 Å². The van der Waals surface area contributed by atoms with Gasteiger partial charge in [-0.1, -0.05) is 42.5 Å². The van der Waals surface area contributed by atoms with Gasteiger partial charge in [0, 0.05) is 30.1 Å². The molecule has 0 radical (unpaired) electrons. The van der Waals surface area contributed by atoms with Gasteiger partial charge in [-0.3, -0.25) is 4.79 Å². The van der Waals surface area contributed by atoms with E-state index in [0.29, 0.717) is 28.5 Å². The van der Waals surface area contributed by atoms with Crippen molar-refractivity contribution in [2.75, 3.05) is 12.4 Å². The van der Waals surface area contributed by atoms with Crippen LogP contribution in [0.4, 0.5) is 5.69 Å². The van der Waals surface area contributed by atoms with Crippen LogP contribution in [0.3, 0.4) is 0 Å². The second kappa shape index (κ2) is 8.99. The molecule has 34 heavy (non-hydrogen) atoms. The van der Waals surface area contributed by atoms with Crippen molar-refractivity contribution >= 4 is 11.6 Å². The number of aryl methyl sites for hydroxylation is 1. The molecule has 0 aliphatic heterocycles. The molecule has 2 aromatic heterocycles. The molecular weight excluding hydrogens is 430 g/mol. The number of aromatic nitrogens is 6. The lowest BCUT2D eigenvalue weighted by molar-refractivity contribution is 0.102. The lowest BCUT2D eigenvalue weighted by atomic mass is 10.1. The molecule has 5 rings (SSSR count). The Hall–Kier alpha value is -4.79. The number of benzene rings is 3. The highest BCUT2D eigenvalue weighted by Gasteiger charge is 2.21. The topological polar surface area (TPSA) is 99.8 Å². The maximum absolute atomic E-state index is 13.5. The number of ether oxygens (including phenoxy) is 1. The Morgan fingerprint density at radius 1 is 0.971 bits per heavy atom. The van der Waals surface area contributed by atoms with Crippen molar-refractivity contribution in [2.45, 2.75) is 0 Å². The highest BCUT2D eigenvalue weighted by molar-refractivity contribution is 6.08. The summed E-state index contributed by atoms with van der Waals surface area (Å²) in [6.07, 6.45) is 1.73. The molecule has 5 aromatic rings. The largest absolute Gasteiger partial charge is 0.496 e. The molecular formula is C25H21N7O2. The molecule has 0 saturated carbocycles. The number of anilines is 1. The van der Waals surface area contributed by atoms with Crippen molar-refractivity contribution in [1.29, 1.82) is 0 Å². The van der Waals surface area contributed by atoms with Gasteiger partial charge in [0.2, 0.25) is 0 Å². The first-order valence-corrected chi connectivity index (χ1v) is 10.6. The van der Waals surface area contributed by atoms with Crippen LogP contribution < -0.4 is 10.1 Å². The van der Waals surface area contributed by atoms with Crippen molar-refractivity contribution in [3.8, 4) is 34.1 Å². The third-order valence-electron chi connectivity index (χ3n) is 5.34. The van der Waals surface area contributed by atoms with Crippen LogP contribution in [0.25, 0.3) is 28.3 Å². The fourth-order valence-electron chi connectivity index (χ4n) is 3.70. The molecule has 0 saturated heterocycles. The van der Waals surface area contributed by atoms with E-state index in [0.717, 1.165) is 16.8 Å². The van der Waals surface area contributed by atoms with E-state index in [1.165, 1.54) is 0 Å². The van der Waals surface area contributed by atoms with E-state index in [1.54, 1.807) is 29.7 Å². The maximum atomic E-state index is 13.5. The van der Waals surface area contributed by atoms with E-state index >= 15 is 0 Å². The fourth-order valence-corrected chi connectivity index (χ4v) is 3.70. The van der Waals surface area contributed by atoms with Gasteiger partial charge in [-0.05, 0) is 46.8 Å². The van der Waals surface area contributed by atoms with Crippen LogP contribution >= 0.6 is 0 Å². The Bertz CT molecular complexity index is 1460. The molecule has 0 aliphatic carbocycles. The van der Waals surface area contributed by atoms with Gasteiger partial charge in [-0.25, -0.2) is 9.36 Å². The zero-order valence-corrected chi connectivity index (χ0v) is 18.6. The Labute approximate surface area is 195 Å². The molecule has 2 heterocycles. The summed E-state index contributed by atoms with van der Waals surface area (Å²) in [4.78, 5) is 13.5. The third-order valence-corrected chi connectivity index (χ3v) is 5.34. The van der Waals surface area contributed by atoms with Crippen molar-refractivity contribution in [3.63, 3.8) is 0 Å². The maximum Gasteiger partial charge on any atom is 0.259 e. The van der Waals surface area contributed by atoms with Gasteiger partial charge in [-0.15, -0.1) is 5.10 Å². The first-order valence-electron chi connectivity index (χ1n) is 10.6. The summed E-state index contributed by atoms with van der Waals surface area (Å²) in [6, 6.07) is 24.5. The molecule has 0 aliphatic rings. The third kappa shape index (κ3) is 4.02. The molecule has 1 amide bonds. The summed E-state index contributed by atoms with van der Waals surface area (Å²) in [5.41, 5.74) is 3.91. The summed E-state index contributed by atoms with van der Waals surface area (Å²) in [6.45, 7) is 0. The average Bonchev–Trinajstić information content (AvgIpc) is 3.51. The summed E-state index contributed by atoms with van der Waals surface area (Å²) < 4.78 is 8.80. The van der Waals surface area contributed by atoms with Crippen molar-refractivity contribution in [1.82, 2.24) is 30.0 Å². The minimum absolute atomic E-state index is 0.295. The molecule has 0 atom stereocenters. The van der Waals surface area contributed by atoms with Gasteiger partial charge in [-0.2, -0.15) is 5.10 Å². The molecule has 1 N–H and O–H groups in total. The smallest absolute Gasteiger partial charge is 0.259 e. The van der Waals surface area contributed by atoms with Crippen LogP contribution in [-0.2, 0) is 7.05 Å². The lowest BCUT2D eigenvalue weighted by Gasteiger charge is -2.09. The molecule has 9 nitrogen and oxygen atoms in total. The van der Waals surface area contributed by atoms with E-state index in [-0.39, 0.29) is 5.91 Å². The summed E-state index contributed by atoms with van der Waals surface area (Å²) in [7, 11) is 3.36. The highest BCUT2D eigenvalue weighted by Crippen LogP contribution is 2.32. The van der Waals surface area contributed by atoms with Gasteiger partial charge in [0.15, 0.2) is 5.82 Å². The van der Waals surface area contributed by atoms with Crippen molar-refractivity contribution < 1.29 is 9.53 Å². The van der Waals surface area contributed by atoms with Crippen LogP contribution in [0.15, 0.2) is 85.1 Å². The van der Waals surface area contributed by atoms with E-state index < -0.39 is 0 Å².